The number of para-hydroxylation sites is 1. The van der Waals surface area contributed by atoms with E-state index in [-0.39, 0.29) is 18.3 Å². The molecule has 5 nitrogen and oxygen atoms in total. The van der Waals surface area contributed by atoms with Crippen LogP contribution in [0.1, 0.15) is 22.3 Å². The number of hydrogen-bond acceptors (Lipinski definition) is 5. The predicted octanol–water partition coefficient (Wildman–Crippen LogP) is 4.99. The molecule has 138 valence electrons. The number of carbonyl (C=O) groups excluding carboxylic acids is 2. The average molecular weight is 401 g/mol. The van der Waals surface area contributed by atoms with Gasteiger partial charge in [-0.05, 0) is 43.3 Å². The van der Waals surface area contributed by atoms with Crippen LogP contribution in [0.15, 0.2) is 48.5 Å². The molecule has 0 aliphatic carbocycles. The second kappa shape index (κ2) is 8.33. The smallest absolute Gasteiger partial charge is 0.262 e. The molecule has 0 spiro atoms. The number of benzene rings is 2. The quantitative estimate of drug-likeness (QED) is 0.591. The van der Waals surface area contributed by atoms with Crippen LogP contribution >= 0.6 is 22.9 Å². The molecule has 0 atom stereocenters. The Hall–Kier alpha value is -2.70. The minimum Gasteiger partial charge on any atom is -0.484 e. The average Bonchev–Trinajstić information content (AvgIpc) is 3.04. The van der Waals surface area contributed by atoms with Crippen molar-refractivity contribution in [2.75, 3.05) is 11.9 Å². The number of nitrogens with one attached hydrogen (secondary N) is 1. The molecule has 27 heavy (non-hydrogen) atoms. The summed E-state index contributed by atoms with van der Waals surface area (Å²) in [6, 6.07) is 14.2. The summed E-state index contributed by atoms with van der Waals surface area (Å²) in [6.07, 6.45) is 0. The molecule has 0 aliphatic heterocycles. The number of aromatic nitrogens is 1. The molecular formula is C20H17ClN2O3S. The van der Waals surface area contributed by atoms with Crippen molar-refractivity contribution in [1.82, 2.24) is 4.98 Å². The van der Waals surface area contributed by atoms with Gasteiger partial charge in [-0.15, -0.1) is 11.3 Å². The molecular weight excluding hydrogens is 384 g/mol. The van der Waals surface area contributed by atoms with E-state index in [1.54, 1.807) is 36.4 Å². The number of carbonyl (C=O) groups is 2. The number of halogens is 1. The van der Waals surface area contributed by atoms with Crippen LogP contribution in [0.5, 0.6) is 5.75 Å². The number of ketones is 1. The van der Waals surface area contributed by atoms with E-state index in [4.69, 9.17) is 16.3 Å². The first-order valence-corrected chi connectivity index (χ1v) is 9.39. The Bertz CT molecular complexity index is 983. The van der Waals surface area contributed by atoms with Crippen molar-refractivity contribution in [3.63, 3.8) is 0 Å². The zero-order valence-electron chi connectivity index (χ0n) is 14.8. The van der Waals surface area contributed by atoms with E-state index in [1.807, 2.05) is 19.1 Å². The summed E-state index contributed by atoms with van der Waals surface area (Å²) >= 11 is 7.38. The van der Waals surface area contributed by atoms with Crippen molar-refractivity contribution in [3.05, 3.63) is 64.1 Å². The predicted molar refractivity (Wildman–Crippen MR) is 108 cm³/mol. The van der Waals surface area contributed by atoms with Gasteiger partial charge in [0.05, 0.1) is 21.3 Å². The molecule has 0 fully saturated rings. The molecule has 2 aromatic carbocycles. The number of thiazole rings is 1. The normalized spacial score (nSPS) is 10.5. The maximum atomic E-state index is 12.0. The number of amides is 1. The third-order valence-corrected chi connectivity index (χ3v) is 5.37. The van der Waals surface area contributed by atoms with Gasteiger partial charge in [0.15, 0.2) is 12.4 Å². The van der Waals surface area contributed by atoms with Gasteiger partial charge in [-0.3, -0.25) is 9.59 Å². The summed E-state index contributed by atoms with van der Waals surface area (Å²) in [7, 11) is 0. The van der Waals surface area contributed by atoms with Crippen LogP contribution in [0.3, 0.4) is 0 Å². The van der Waals surface area contributed by atoms with E-state index in [2.05, 4.69) is 10.3 Å². The fraction of sp³-hybridized carbons (Fsp3) is 0.150. The molecule has 1 amide bonds. The van der Waals surface area contributed by atoms with Crippen molar-refractivity contribution in [1.29, 1.82) is 0 Å². The Balaban J connectivity index is 1.61. The monoisotopic (exact) mass is 400 g/mol. The Morgan fingerprint density at radius 1 is 1.15 bits per heavy atom. The van der Waals surface area contributed by atoms with Crippen LogP contribution in [0.2, 0.25) is 5.02 Å². The highest BCUT2D eigenvalue weighted by atomic mass is 35.5. The van der Waals surface area contributed by atoms with Gasteiger partial charge in [0.1, 0.15) is 10.8 Å². The van der Waals surface area contributed by atoms with Crippen molar-refractivity contribution in [2.24, 2.45) is 0 Å². The highest BCUT2D eigenvalue weighted by molar-refractivity contribution is 7.17. The highest BCUT2D eigenvalue weighted by Gasteiger charge is 2.13. The number of aryl methyl sites for hydroxylation is 1. The zero-order chi connectivity index (χ0) is 19.4. The number of anilines is 1. The van der Waals surface area contributed by atoms with Gasteiger partial charge in [0, 0.05) is 12.5 Å². The molecule has 0 bridgehead atoms. The van der Waals surface area contributed by atoms with Crippen LogP contribution in [0.25, 0.3) is 10.6 Å². The molecule has 3 rings (SSSR count). The second-order valence-corrected chi connectivity index (χ2v) is 7.24. The molecule has 1 heterocycles. The van der Waals surface area contributed by atoms with Gasteiger partial charge in [0.2, 0.25) is 0 Å². The lowest BCUT2D eigenvalue weighted by molar-refractivity contribution is -0.118. The number of hydrogen-bond donors (Lipinski definition) is 1. The van der Waals surface area contributed by atoms with E-state index in [1.165, 1.54) is 18.3 Å². The van der Waals surface area contributed by atoms with Crippen LogP contribution in [-0.2, 0) is 4.79 Å². The zero-order valence-corrected chi connectivity index (χ0v) is 16.4. The standard InChI is InChI=1S/C20H17ClN2O3S/c1-12-19(13(2)24)27-20(22-12)14-7-9-15(10-8-14)26-11-18(25)23-17-6-4-3-5-16(17)21/h3-10H,11H2,1-2H3,(H,23,25). The summed E-state index contributed by atoms with van der Waals surface area (Å²) in [5.74, 6) is 0.280. The largest absolute Gasteiger partial charge is 0.484 e. The summed E-state index contributed by atoms with van der Waals surface area (Å²) in [6.45, 7) is 3.23. The Morgan fingerprint density at radius 2 is 1.85 bits per heavy atom. The third-order valence-electron chi connectivity index (χ3n) is 3.74. The van der Waals surface area contributed by atoms with E-state index in [9.17, 15) is 9.59 Å². The molecule has 7 heteroatoms. The lowest BCUT2D eigenvalue weighted by atomic mass is 10.2. The third kappa shape index (κ3) is 4.72. The minimum atomic E-state index is -0.297. The maximum absolute atomic E-state index is 12.0. The Kier molecular flexibility index (Phi) is 5.88. The maximum Gasteiger partial charge on any atom is 0.262 e. The van der Waals surface area contributed by atoms with Gasteiger partial charge in [-0.2, -0.15) is 0 Å². The van der Waals surface area contributed by atoms with Gasteiger partial charge in [-0.25, -0.2) is 4.98 Å². The lowest BCUT2D eigenvalue weighted by Crippen LogP contribution is -2.20. The SMILES string of the molecule is CC(=O)c1sc(-c2ccc(OCC(=O)Nc3ccccc3Cl)cc2)nc1C. The number of rotatable bonds is 6. The van der Waals surface area contributed by atoms with Crippen LogP contribution in [-0.4, -0.2) is 23.3 Å². The fourth-order valence-electron chi connectivity index (χ4n) is 2.44. The van der Waals surface area contributed by atoms with E-state index in [0.29, 0.717) is 21.3 Å². The molecule has 1 N–H and O–H groups in total. The molecule has 1 aromatic heterocycles. The molecule has 0 saturated carbocycles. The minimum absolute atomic E-state index is 0.0146. The van der Waals surface area contributed by atoms with Crippen LogP contribution in [0, 0.1) is 6.92 Å². The van der Waals surface area contributed by atoms with E-state index in [0.717, 1.165) is 16.3 Å². The first-order chi connectivity index (χ1) is 12.9. The van der Waals surface area contributed by atoms with Crippen molar-refractivity contribution in [3.8, 4) is 16.3 Å². The molecule has 0 unspecified atom stereocenters. The van der Waals surface area contributed by atoms with Crippen molar-refractivity contribution in [2.45, 2.75) is 13.8 Å². The summed E-state index contributed by atoms with van der Waals surface area (Å²) in [5.41, 5.74) is 2.17. The van der Waals surface area contributed by atoms with Crippen molar-refractivity contribution < 1.29 is 14.3 Å². The number of Topliss-reactive ketones (excluding diaryl/α,β-unsaturated/α-hetero) is 1. The van der Waals surface area contributed by atoms with Gasteiger partial charge in [-0.1, -0.05) is 23.7 Å². The molecule has 0 aliphatic rings. The Labute approximate surface area is 166 Å². The Morgan fingerprint density at radius 3 is 2.48 bits per heavy atom. The molecule has 0 saturated heterocycles. The van der Waals surface area contributed by atoms with Crippen LogP contribution < -0.4 is 10.1 Å². The molecule has 3 aromatic rings. The van der Waals surface area contributed by atoms with E-state index < -0.39 is 0 Å². The first-order valence-electron chi connectivity index (χ1n) is 8.20. The van der Waals surface area contributed by atoms with E-state index >= 15 is 0 Å². The fourth-order valence-corrected chi connectivity index (χ4v) is 3.59. The summed E-state index contributed by atoms with van der Waals surface area (Å²) in [4.78, 5) is 28.7. The lowest BCUT2D eigenvalue weighted by Gasteiger charge is -2.09. The van der Waals surface area contributed by atoms with Gasteiger partial charge < -0.3 is 10.1 Å². The van der Waals surface area contributed by atoms with Crippen molar-refractivity contribution >= 4 is 40.3 Å². The summed E-state index contributed by atoms with van der Waals surface area (Å²) < 4.78 is 5.51. The van der Waals surface area contributed by atoms with Crippen LogP contribution in [0.4, 0.5) is 5.69 Å². The second-order valence-electron chi connectivity index (χ2n) is 5.83. The first kappa shape index (κ1) is 19.1. The summed E-state index contributed by atoms with van der Waals surface area (Å²) in [5, 5.41) is 3.95. The molecule has 0 radical (unpaired) electrons. The number of ether oxygens (including phenoxy) is 1. The van der Waals surface area contributed by atoms with Gasteiger partial charge >= 0.3 is 0 Å². The highest BCUT2D eigenvalue weighted by Crippen LogP contribution is 2.29. The topological polar surface area (TPSA) is 68.3 Å². The number of nitrogens with zero attached hydrogens (tertiary/aromatic N) is 1. The van der Waals surface area contributed by atoms with Gasteiger partial charge in [0.25, 0.3) is 5.91 Å².